The zero-order valence-electron chi connectivity index (χ0n) is 17.2. The van der Waals surface area contributed by atoms with Crippen LogP contribution in [0, 0.1) is 0 Å². The van der Waals surface area contributed by atoms with Gasteiger partial charge in [-0.1, -0.05) is 18.5 Å². The Morgan fingerprint density at radius 1 is 1.28 bits per heavy atom. The lowest BCUT2D eigenvalue weighted by atomic mass is 10.3. The van der Waals surface area contributed by atoms with E-state index in [1.165, 1.54) is 0 Å². The number of nitrogens with one attached hydrogen (secondary N) is 1. The van der Waals surface area contributed by atoms with E-state index in [2.05, 4.69) is 27.4 Å². The third-order valence-electron chi connectivity index (χ3n) is 4.08. The van der Waals surface area contributed by atoms with Crippen molar-refractivity contribution >= 4 is 41.5 Å². The topological polar surface area (TPSA) is 76.8 Å². The van der Waals surface area contributed by atoms with Crippen molar-refractivity contribution in [1.82, 2.24) is 25.0 Å². The van der Waals surface area contributed by atoms with Crippen LogP contribution in [0.4, 0.5) is 0 Å². The molecule has 8 nitrogen and oxygen atoms in total. The highest BCUT2D eigenvalue weighted by molar-refractivity contribution is 14.0. The van der Waals surface area contributed by atoms with Crippen LogP contribution in [-0.4, -0.2) is 72.6 Å². The Balaban J connectivity index is 0.00000420. The molecule has 0 bridgehead atoms. The van der Waals surface area contributed by atoms with Gasteiger partial charge in [0.25, 0.3) is 0 Å². The number of aliphatic imine (C=N–C) groups is 1. The number of aromatic nitrogens is 3. The summed E-state index contributed by atoms with van der Waals surface area (Å²) in [5.74, 6) is 2.58. The van der Waals surface area contributed by atoms with E-state index in [0.29, 0.717) is 31.3 Å². The van der Waals surface area contributed by atoms with Crippen molar-refractivity contribution in [1.29, 1.82) is 0 Å². The van der Waals surface area contributed by atoms with Crippen molar-refractivity contribution in [2.45, 2.75) is 19.9 Å². The van der Waals surface area contributed by atoms with Gasteiger partial charge in [-0.05, 0) is 24.3 Å². The van der Waals surface area contributed by atoms with Crippen LogP contribution in [0.2, 0.25) is 5.02 Å². The van der Waals surface area contributed by atoms with Gasteiger partial charge in [-0.25, -0.2) is 0 Å². The third kappa shape index (κ3) is 9.18. The number of ether oxygens (including phenoxy) is 2. The molecule has 0 saturated heterocycles. The van der Waals surface area contributed by atoms with Crippen molar-refractivity contribution in [2.24, 2.45) is 4.99 Å². The lowest BCUT2D eigenvalue weighted by molar-refractivity contribution is 0.207. The fourth-order valence-corrected chi connectivity index (χ4v) is 2.65. The van der Waals surface area contributed by atoms with Gasteiger partial charge >= 0.3 is 0 Å². The Labute approximate surface area is 194 Å². The van der Waals surface area contributed by atoms with Gasteiger partial charge in [0.05, 0.1) is 19.7 Å². The predicted molar refractivity (Wildman–Crippen MR) is 127 cm³/mol. The molecule has 1 heterocycles. The molecule has 1 aromatic heterocycles. The van der Waals surface area contributed by atoms with Gasteiger partial charge in [0, 0.05) is 38.7 Å². The Morgan fingerprint density at radius 2 is 2.03 bits per heavy atom. The molecule has 10 heteroatoms. The molecule has 0 unspecified atom stereocenters. The van der Waals surface area contributed by atoms with Crippen LogP contribution in [0.5, 0.6) is 5.75 Å². The molecule has 0 aliphatic rings. The Bertz CT molecular complexity index is 726. The van der Waals surface area contributed by atoms with Crippen LogP contribution in [0.3, 0.4) is 0 Å². The number of benzene rings is 1. The Hall–Kier alpha value is -1.59. The van der Waals surface area contributed by atoms with Crippen LogP contribution in [0.15, 0.2) is 35.6 Å². The minimum absolute atomic E-state index is 0. The summed E-state index contributed by atoms with van der Waals surface area (Å²) in [6, 6.07) is 7.35. The smallest absolute Gasteiger partial charge is 0.193 e. The SMILES string of the molecule is CCc1nncn1CCNC(=NCCOC)N(C)CCOc1ccc(Cl)cc1.I. The minimum atomic E-state index is 0. The van der Waals surface area contributed by atoms with Crippen molar-refractivity contribution in [3.8, 4) is 5.75 Å². The number of hydrogen-bond donors (Lipinski definition) is 1. The predicted octanol–water partition coefficient (Wildman–Crippen LogP) is 2.71. The number of aryl methyl sites for hydroxylation is 1. The molecule has 0 saturated carbocycles. The van der Waals surface area contributed by atoms with Crippen LogP contribution in [0.1, 0.15) is 12.7 Å². The highest BCUT2D eigenvalue weighted by Crippen LogP contribution is 2.15. The monoisotopic (exact) mass is 536 g/mol. The number of hydrogen-bond acceptors (Lipinski definition) is 5. The van der Waals surface area contributed by atoms with E-state index in [4.69, 9.17) is 21.1 Å². The fraction of sp³-hybridized carbons (Fsp3) is 0.526. The summed E-state index contributed by atoms with van der Waals surface area (Å²) in [6.45, 7) is 5.95. The van der Waals surface area contributed by atoms with Gasteiger partial charge in [-0.3, -0.25) is 4.99 Å². The second-order valence-corrected chi connectivity index (χ2v) is 6.58. The van der Waals surface area contributed by atoms with Crippen molar-refractivity contribution in [2.75, 3.05) is 47.0 Å². The largest absolute Gasteiger partial charge is 0.492 e. The lowest BCUT2D eigenvalue weighted by Gasteiger charge is -2.23. The number of rotatable bonds is 11. The molecule has 1 N–H and O–H groups in total. The van der Waals surface area contributed by atoms with Gasteiger partial charge in [-0.15, -0.1) is 34.2 Å². The van der Waals surface area contributed by atoms with Gasteiger partial charge in [0.15, 0.2) is 5.96 Å². The third-order valence-corrected chi connectivity index (χ3v) is 4.33. The number of methoxy groups -OCH3 is 1. The maximum Gasteiger partial charge on any atom is 0.193 e. The molecule has 0 amide bonds. The Kier molecular flexibility index (Phi) is 12.6. The standard InChI is InChI=1S/C19H29ClN6O2.HI/c1-4-18-24-23-15-26(18)11-9-21-19(22-10-13-27-3)25(2)12-14-28-17-7-5-16(20)6-8-17;/h5-8,15H,4,9-14H2,1-3H3,(H,21,22);1H. The van der Waals surface area contributed by atoms with E-state index in [9.17, 15) is 0 Å². The quantitative estimate of drug-likeness (QED) is 0.206. The molecule has 0 radical (unpaired) electrons. The van der Waals surface area contributed by atoms with E-state index in [0.717, 1.165) is 37.0 Å². The van der Waals surface area contributed by atoms with E-state index in [-0.39, 0.29) is 24.0 Å². The number of halogens is 2. The molecular formula is C19H30ClIN6O2. The number of nitrogens with zero attached hydrogens (tertiary/aromatic N) is 5. The zero-order valence-corrected chi connectivity index (χ0v) is 20.3. The van der Waals surface area contributed by atoms with E-state index in [1.54, 1.807) is 13.4 Å². The maximum absolute atomic E-state index is 5.90. The van der Waals surface area contributed by atoms with Crippen molar-refractivity contribution in [3.63, 3.8) is 0 Å². The van der Waals surface area contributed by atoms with E-state index < -0.39 is 0 Å². The molecule has 1 aromatic carbocycles. The normalized spacial score (nSPS) is 11.1. The molecular weight excluding hydrogens is 507 g/mol. The first-order chi connectivity index (χ1) is 13.6. The highest BCUT2D eigenvalue weighted by Gasteiger charge is 2.08. The molecule has 0 spiro atoms. The van der Waals surface area contributed by atoms with Crippen molar-refractivity contribution in [3.05, 3.63) is 41.4 Å². The second-order valence-electron chi connectivity index (χ2n) is 6.14. The first-order valence-electron chi connectivity index (χ1n) is 9.37. The number of likely N-dealkylation sites (N-methyl/N-ethyl adjacent to an activating group) is 1. The molecule has 2 rings (SSSR count). The summed E-state index contributed by atoms with van der Waals surface area (Å²) >= 11 is 5.90. The van der Waals surface area contributed by atoms with Crippen LogP contribution < -0.4 is 10.1 Å². The maximum atomic E-state index is 5.90. The van der Waals surface area contributed by atoms with Gasteiger partial charge in [-0.2, -0.15) is 0 Å². The van der Waals surface area contributed by atoms with Gasteiger partial charge < -0.3 is 24.3 Å². The second kappa shape index (κ2) is 14.4. The fourth-order valence-electron chi connectivity index (χ4n) is 2.52. The molecule has 0 fully saturated rings. The minimum Gasteiger partial charge on any atom is -0.492 e. The van der Waals surface area contributed by atoms with Crippen molar-refractivity contribution < 1.29 is 9.47 Å². The lowest BCUT2D eigenvalue weighted by Crippen LogP contribution is -2.42. The first kappa shape index (κ1) is 25.4. The van der Waals surface area contributed by atoms with Crippen LogP contribution in [0.25, 0.3) is 0 Å². The Morgan fingerprint density at radius 3 is 2.72 bits per heavy atom. The van der Waals surface area contributed by atoms with Crippen LogP contribution >= 0.6 is 35.6 Å². The average molecular weight is 537 g/mol. The molecule has 0 atom stereocenters. The molecule has 0 aliphatic heterocycles. The summed E-state index contributed by atoms with van der Waals surface area (Å²) in [4.78, 5) is 6.65. The molecule has 2 aromatic rings. The van der Waals surface area contributed by atoms with E-state index >= 15 is 0 Å². The molecule has 162 valence electrons. The van der Waals surface area contributed by atoms with Gasteiger partial charge in [0.1, 0.15) is 24.5 Å². The average Bonchev–Trinajstić information content (AvgIpc) is 3.16. The molecule has 0 aliphatic carbocycles. The first-order valence-corrected chi connectivity index (χ1v) is 9.75. The number of guanidine groups is 1. The summed E-state index contributed by atoms with van der Waals surface area (Å²) in [5.41, 5.74) is 0. The summed E-state index contributed by atoms with van der Waals surface area (Å²) < 4.78 is 12.9. The highest BCUT2D eigenvalue weighted by atomic mass is 127. The summed E-state index contributed by atoms with van der Waals surface area (Å²) in [5, 5.41) is 12.2. The summed E-state index contributed by atoms with van der Waals surface area (Å²) in [6.07, 6.45) is 2.61. The summed E-state index contributed by atoms with van der Waals surface area (Å²) in [7, 11) is 3.66. The van der Waals surface area contributed by atoms with E-state index in [1.807, 2.05) is 40.8 Å². The van der Waals surface area contributed by atoms with Gasteiger partial charge in [0.2, 0.25) is 0 Å². The molecule has 29 heavy (non-hydrogen) atoms. The van der Waals surface area contributed by atoms with Crippen LogP contribution in [-0.2, 0) is 17.7 Å². The zero-order chi connectivity index (χ0) is 20.2.